The highest BCUT2D eigenvalue weighted by atomic mass is 19.4. The van der Waals surface area contributed by atoms with Gasteiger partial charge in [-0.15, -0.1) is 0 Å². The largest absolute Gasteiger partial charge is 0.487 e. The number of fused-ring (bicyclic) bond motifs is 1. The number of amides is 4. The van der Waals surface area contributed by atoms with Crippen LogP contribution in [-0.4, -0.2) is 77.8 Å². The zero-order valence-electron chi connectivity index (χ0n) is 23.6. The third-order valence-electron chi connectivity index (χ3n) is 6.85. The second-order valence-electron chi connectivity index (χ2n) is 10.4. The number of ether oxygens (including phenoxy) is 1. The van der Waals surface area contributed by atoms with Gasteiger partial charge in [0.1, 0.15) is 11.9 Å². The average molecular weight is 619 g/mol. The molecule has 0 unspecified atom stereocenters. The minimum Gasteiger partial charge on any atom is -0.487 e. The summed E-state index contributed by atoms with van der Waals surface area (Å²) >= 11 is 0. The van der Waals surface area contributed by atoms with Crippen LogP contribution in [0, 0.1) is 5.92 Å². The number of halogens is 6. The highest BCUT2D eigenvalue weighted by Crippen LogP contribution is 2.32. The summed E-state index contributed by atoms with van der Waals surface area (Å²) in [5, 5.41) is 14.6. The molecular formula is C28H32F6N4O5. The topological polar surface area (TPSA) is 111 Å². The van der Waals surface area contributed by atoms with Gasteiger partial charge in [0.2, 0.25) is 5.91 Å². The number of carbonyl (C=O) groups is 3. The first kappa shape index (κ1) is 33.5. The number of hydrogen-bond donors (Lipinski definition) is 3. The van der Waals surface area contributed by atoms with E-state index in [1.54, 1.807) is 13.8 Å². The minimum absolute atomic E-state index is 0.0114. The summed E-state index contributed by atoms with van der Waals surface area (Å²) in [4.78, 5) is 41.0. The first-order valence-electron chi connectivity index (χ1n) is 13.3. The summed E-state index contributed by atoms with van der Waals surface area (Å²) in [6.45, 7) is 3.10. The van der Waals surface area contributed by atoms with Gasteiger partial charge in [0.15, 0.2) is 0 Å². The summed E-state index contributed by atoms with van der Waals surface area (Å²) < 4.78 is 82.2. The molecule has 0 spiro atoms. The molecule has 0 fully saturated rings. The number of anilines is 2. The fraction of sp³-hybridized carbons (Fsp3) is 0.464. The van der Waals surface area contributed by atoms with Crippen LogP contribution in [0.25, 0.3) is 0 Å². The molecule has 0 saturated heterocycles. The van der Waals surface area contributed by atoms with E-state index >= 15 is 0 Å². The molecule has 2 aromatic carbocycles. The lowest BCUT2D eigenvalue weighted by molar-refractivity contribution is -0.142. The monoisotopic (exact) mass is 618 g/mol. The molecule has 3 rings (SSSR count). The second kappa shape index (κ2) is 13.5. The maximum atomic E-state index is 13.5. The van der Waals surface area contributed by atoms with Gasteiger partial charge in [-0.2, -0.15) is 26.3 Å². The molecule has 0 aromatic heterocycles. The molecule has 2 aromatic rings. The van der Waals surface area contributed by atoms with E-state index in [0.717, 1.165) is 24.3 Å². The Morgan fingerprint density at radius 1 is 1.07 bits per heavy atom. The summed E-state index contributed by atoms with van der Waals surface area (Å²) in [5.41, 5.74) is -0.671. The Hall–Kier alpha value is -4.01. The number of urea groups is 1. The molecule has 43 heavy (non-hydrogen) atoms. The molecule has 0 bridgehead atoms. The first-order chi connectivity index (χ1) is 20.0. The molecule has 0 saturated carbocycles. The third kappa shape index (κ3) is 9.24. The maximum absolute atomic E-state index is 13.5. The van der Waals surface area contributed by atoms with E-state index in [-0.39, 0.29) is 48.3 Å². The fourth-order valence-corrected chi connectivity index (χ4v) is 4.31. The van der Waals surface area contributed by atoms with Crippen molar-refractivity contribution in [2.24, 2.45) is 5.92 Å². The Morgan fingerprint density at radius 3 is 2.28 bits per heavy atom. The minimum atomic E-state index is -4.52. The van der Waals surface area contributed by atoms with Crippen molar-refractivity contribution >= 4 is 29.2 Å². The van der Waals surface area contributed by atoms with Crippen molar-refractivity contribution in [3.8, 4) is 5.75 Å². The molecule has 9 nitrogen and oxygen atoms in total. The number of carbonyl (C=O) groups excluding carboxylic acids is 3. The Morgan fingerprint density at radius 2 is 1.70 bits per heavy atom. The van der Waals surface area contributed by atoms with Gasteiger partial charge in [-0.05, 0) is 49.4 Å². The first-order valence-corrected chi connectivity index (χ1v) is 13.3. The number of rotatable bonds is 8. The molecular weight excluding hydrogens is 586 g/mol. The number of aliphatic hydroxyl groups excluding tert-OH is 1. The molecule has 4 amide bonds. The fourth-order valence-electron chi connectivity index (χ4n) is 4.31. The van der Waals surface area contributed by atoms with Gasteiger partial charge < -0.3 is 30.3 Å². The number of hydrogen-bond acceptors (Lipinski definition) is 5. The van der Waals surface area contributed by atoms with E-state index in [1.165, 1.54) is 35.0 Å². The van der Waals surface area contributed by atoms with E-state index in [1.807, 2.05) is 0 Å². The Balaban J connectivity index is 1.81. The van der Waals surface area contributed by atoms with Crippen LogP contribution in [0.2, 0.25) is 0 Å². The smallest absolute Gasteiger partial charge is 0.416 e. The van der Waals surface area contributed by atoms with Gasteiger partial charge >= 0.3 is 18.4 Å². The van der Waals surface area contributed by atoms with E-state index in [9.17, 15) is 45.8 Å². The highest BCUT2D eigenvalue weighted by molar-refractivity contribution is 6.00. The number of nitrogens with one attached hydrogen (secondary N) is 2. The van der Waals surface area contributed by atoms with Crippen molar-refractivity contribution in [2.75, 3.05) is 37.4 Å². The molecule has 3 N–H and O–H groups in total. The summed E-state index contributed by atoms with van der Waals surface area (Å²) in [6.07, 6.45) is -11.9. The van der Waals surface area contributed by atoms with E-state index < -0.39 is 60.7 Å². The van der Waals surface area contributed by atoms with Crippen LogP contribution in [0.1, 0.15) is 42.6 Å². The van der Waals surface area contributed by atoms with Crippen molar-refractivity contribution in [1.82, 2.24) is 9.80 Å². The van der Waals surface area contributed by atoms with Crippen molar-refractivity contribution in [1.29, 1.82) is 0 Å². The lowest BCUT2D eigenvalue weighted by Crippen LogP contribution is -2.50. The van der Waals surface area contributed by atoms with Crippen molar-refractivity contribution in [2.45, 2.75) is 51.2 Å². The van der Waals surface area contributed by atoms with Crippen LogP contribution in [0.3, 0.4) is 0 Å². The van der Waals surface area contributed by atoms with Crippen molar-refractivity contribution in [3.05, 3.63) is 53.6 Å². The third-order valence-corrected chi connectivity index (χ3v) is 6.85. The molecule has 15 heteroatoms. The van der Waals surface area contributed by atoms with Crippen molar-refractivity contribution in [3.63, 3.8) is 0 Å². The van der Waals surface area contributed by atoms with E-state index in [4.69, 9.17) is 4.74 Å². The number of likely N-dealkylation sites (N-methyl/N-ethyl adjacent to an activating group) is 1. The van der Waals surface area contributed by atoms with Crippen LogP contribution in [-0.2, 0) is 11.0 Å². The zero-order valence-corrected chi connectivity index (χ0v) is 23.6. The van der Waals surface area contributed by atoms with E-state index in [2.05, 4.69) is 10.6 Å². The number of alkyl halides is 6. The number of benzene rings is 2. The predicted molar refractivity (Wildman–Crippen MR) is 145 cm³/mol. The van der Waals surface area contributed by atoms with Crippen molar-refractivity contribution < 1.29 is 50.6 Å². The zero-order chi connectivity index (χ0) is 32.1. The molecule has 236 valence electrons. The van der Waals surface area contributed by atoms with Gasteiger partial charge in [-0.25, -0.2) is 4.79 Å². The second-order valence-corrected chi connectivity index (χ2v) is 10.4. The SMILES string of the molecule is C[C@@H]1CN([C@@H](C)CO)C(=O)c2cc(NC(=O)CCC(F)(F)F)ccc2O[C@@H]1CN(C)C(=O)Nc1ccc(C(F)(F)F)cc1. The number of aliphatic hydroxyl groups is 1. The van der Waals surface area contributed by atoms with Gasteiger partial charge in [0, 0.05) is 37.3 Å². The molecule has 1 aliphatic heterocycles. The Bertz CT molecular complexity index is 1300. The molecule has 0 aliphatic carbocycles. The quantitative estimate of drug-likeness (QED) is 0.345. The van der Waals surface area contributed by atoms with Crippen LogP contribution in [0.15, 0.2) is 42.5 Å². The van der Waals surface area contributed by atoms with Crippen LogP contribution in [0.5, 0.6) is 5.75 Å². The lowest BCUT2D eigenvalue weighted by Gasteiger charge is -2.38. The van der Waals surface area contributed by atoms with Crippen LogP contribution < -0.4 is 15.4 Å². The number of nitrogens with zero attached hydrogens (tertiary/aromatic N) is 2. The van der Waals surface area contributed by atoms with Gasteiger partial charge in [0.25, 0.3) is 5.91 Å². The predicted octanol–water partition coefficient (Wildman–Crippen LogP) is 5.37. The molecule has 3 atom stereocenters. The summed E-state index contributed by atoms with van der Waals surface area (Å²) in [6, 6.07) is 6.68. The standard InChI is InChI=1S/C28H32F6N4O5/c1-16-13-38(17(2)15-39)25(41)21-12-20(35-24(40)10-11-27(29,30)31)8-9-22(21)43-23(16)14-37(3)26(42)36-19-6-4-18(5-7-19)28(32,33)34/h4-9,12,16-17,23,39H,10-11,13-15H2,1-3H3,(H,35,40)(H,36,42)/t16-,17+,23-/m1/s1. The van der Waals surface area contributed by atoms with E-state index in [0.29, 0.717) is 0 Å². The van der Waals surface area contributed by atoms with Gasteiger partial charge in [0.05, 0.1) is 36.7 Å². The lowest BCUT2D eigenvalue weighted by atomic mass is 9.99. The van der Waals surface area contributed by atoms with Crippen LogP contribution in [0.4, 0.5) is 42.5 Å². The molecule has 0 radical (unpaired) electrons. The summed E-state index contributed by atoms with van der Waals surface area (Å²) in [5.74, 6) is -1.73. The summed E-state index contributed by atoms with van der Waals surface area (Å²) in [7, 11) is 1.45. The average Bonchev–Trinajstić information content (AvgIpc) is 2.93. The Labute approximate surface area is 243 Å². The highest BCUT2D eigenvalue weighted by Gasteiger charge is 2.35. The normalized spacial score (nSPS) is 18.1. The van der Waals surface area contributed by atoms with Crippen LogP contribution >= 0.6 is 0 Å². The molecule has 1 heterocycles. The van der Waals surface area contributed by atoms with Gasteiger partial charge in [-0.1, -0.05) is 6.92 Å². The molecule has 1 aliphatic rings. The van der Waals surface area contributed by atoms with Gasteiger partial charge in [-0.3, -0.25) is 9.59 Å². The Kier molecular flexibility index (Phi) is 10.5. The maximum Gasteiger partial charge on any atom is 0.416 e.